The first-order valence-electron chi connectivity index (χ1n) is 7.13. The van der Waals surface area contributed by atoms with Gasteiger partial charge in [0.25, 0.3) is 0 Å². The van der Waals surface area contributed by atoms with Gasteiger partial charge in [0.2, 0.25) is 0 Å². The molecule has 0 saturated carbocycles. The fourth-order valence-electron chi connectivity index (χ4n) is 2.05. The first kappa shape index (κ1) is 16.0. The van der Waals surface area contributed by atoms with Crippen LogP contribution < -0.4 is 0 Å². The Hall–Kier alpha value is -0.0400. The minimum absolute atomic E-state index is 0.0144. The number of hydrogen-bond acceptors (Lipinski definition) is 1. The van der Waals surface area contributed by atoms with Crippen LogP contribution in [0, 0.1) is 0 Å². The summed E-state index contributed by atoms with van der Waals surface area (Å²) in [6, 6.07) is 0. The molecule has 0 aromatic rings. The Labute approximate surface area is 103 Å². The van der Waals surface area contributed by atoms with Crippen molar-refractivity contribution in [3.05, 3.63) is 0 Å². The van der Waals surface area contributed by atoms with Gasteiger partial charge in [0.05, 0.1) is 11.7 Å². The van der Waals surface area contributed by atoms with Crippen LogP contribution >= 0.6 is 0 Å². The number of unbranched alkanes of at least 4 members (excludes halogenated alkanes) is 6. The molecule has 0 aromatic heterocycles. The van der Waals surface area contributed by atoms with E-state index in [0.29, 0.717) is 6.10 Å². The second-order valence-corrected chi connectivity index (χ2v) is 5.95. The zero-order chi connectivity index (χ0) is 12.4. The zero-order valence-corrected chi connectivity index (χ0v) is 12.1. The molecule has 0 aliphatic heterocycles. The molecule has 1 unspecified atom stereocenters. The van der Waals surface area contributed by atoms with Crippen LogP contribution in [0.25, 0.3) is 0 Å². The fraction of sp³-hybridized carbons (Fsp3) is 1.00. The first-order chi connectivity index (χ1) is 7.45. The summed E-state index contributed by atoms with van der Waals surface area (Å²) in [7, 11) is 0. The summed E-state index contributed by atoms with van der Waals surface area (Å²) in [6.07, 6.45) is 11.3. The Morgan fingerprint density at radius 3 is 1.88 bits per heavy atom. The monoisotopic (exact) mass is 228 g/mol. The topological polar surface area (TPSA) is 9.23 Å². The van der Waals surface area contributed by atoms with Crippen LogP contribution in [-0.4, -0.2) is 11.7 Å². The van der Waals surface area contributed by atoms with Gasteiger partial charge in [0.15, 0.2) is 0 Å². The molecular weight excluding hydrogens is 196 g/mol. The van der Waals surface area contributed by atoms with Gasteiger partial charge < -0.3 is 4.74 Å². The van der Waals surface area contributed by atoms with E-state index in [-0.39, 0.29) is 5.60 Å². The van der Waals surface area contributed by atoms with Crippen LogP contribution in [0.5, 0.6) is 0 Å². The van der Waals surface area contributed by atoms with Crippen molar-refractivity contribution in [2.75, 3.05) is 0 Å². The van der Waals surface area contributed by atoms with Gasteiger partial charge in [0.1, 0.15) is 0 Å². The molecule has 0 fully saturated rings. The molecule has 0 aromatic carbocycles. The lowest BCUT2D eigenvalue weighted by Crippen LogP contribution is -2.25. The molecular formula is C15H32O. The maximum atomic E-state index is 5.88. The Balaban J connectivity index is 3.25. The van der Waals surface area contributed by atoms with Crippen molar-refractivity contribution in [1.82, 2.24) is 0 Å². The summed E-state index contributed by atoms with van der Waals surface area (Å²) in [4.78, 5) is 0. The van der Waals surface area contributed by atoms with Gasteiger partial charge in [-0.05, 0) is 34.1 Å². The zero-order valence-electron chi connectivity index (χ0n) is 12.1. The lowest BCUT2D eigenvalue weighted by atomic mass is 10.1. The van der Waals surface area contributed by atoms with Gasteiger partial charge in [-0.15, -0.1) is 0 Å². The molecule has 0 N–H and O–H groups in total. The molecule has 0 bridgehead atoms. The normalized spacial score (nSPS) is 14.1. The lowest BCUT2D eigenvalue weighted by Gasteiger charge is -2.25. The largest absolute Gasteiger partial charge is 0.373 e. The summed E-state index contributed by atoms with van der Waals surface area (Å²) < 4.78 is 5.88. The average molecular weight is 228 g/mol. The minimum atomic E-state index is 0.0144. The molecule has 98 valence electrons. The van der Waals surface area contributed by atoms with E-state index in [1.165, 1.54) is 51.4 Å². The average Bonchev–Trinajstić information content (AvgIpc) is 2.13. The summed E-state index contributed by atoms with van der Waals surface area (Å²) in [5.74, 6) is 0. The van der Waals surface area contributed by atoms with E-state index in [9.17, 15) is 0 Å². The highest BCUT2D eigenvalue weighted by Crippen LogP contribution is 2.16. The van der Waals surface area contributed by atoms with Crippen LogP contribution in [0.1, 0.15) is 86.0 Å². The maximum absolute atomic E-state index is 5.88. The molecule has 0 radical (unpaired) electrons. The molecule has 0 rings (SSSR count). The highest BCUT2D eigenvalue weighted by molar-refractivity contribution is 4.63. The standard InChI is InChI=1S/C15H32O/c1-6-7-8-9-10-11-12-13-14(2)16-15(3,4)5/h14H,6-13H2,1-5H3. The first-order valence-corrected chi connectivity index (χ1v) is 7.13. The van der Waals surface area contributed by atoms with Gasteiger partial charge >= 0.3 is 0 Å². The van der Waals surface area contributed by atoms with E-state index in [2.05, 4.69) is 34.6 Å². The Kier molecular flexibility index (Phi) is 9.02. The molecule has 1 atom stereocenters. The molecule has 0 heterocycles. The Morgan fingerprint density at radius 1 is 0.875 bits per heavy atom. The van der Waals surface area contributed by atoms with Crippen molar-refractivity contribution in [1.29, 1.82) is 0 Å². The van der Waals surface area contributed by atoms with Crippen molar-refractivity contribution in [2.24, 2.45) is 0 Å². The molecule has 16 heavy (non-hydrogen) atoms. The summed E-state index contributed by atoms with van der Waals surface area (Å²) in [5.41, 5.74) is 0.0144. The summed E-state index contributed by atoms with van der Waals surface area (Å²) >= 11 is 0. The van der Waals surface area contributed by atoms with E-state index in [4.69, 9.17) is 4.74 Å². The lowest BCUT2D eigenvalue weighted by molar-refractivity contribution is -0.0549. The van der Waals surface area contributed by atoms with Crippen molar-refractivity contribution in [2.45, 2.75) is 97.7 Å². The van der Waals surface area contributed by atoms with E-state index in [1.54, 1.807) is 0 Å². The maximum Gasteiger partial charge on any atom is 0.0602 e. The van der Waals surface area contributed by atoms with Gasteiger partial charge in [-0.25, -0.2) is 0 Å². The van der Waals surface area contributed by atoms with Crippen LogP contribution in [-0.2, 0) is 4.74 Å². The van der Waals surface area contributed by atoms with Crippen molar-refractivity contribution >= 4 is 0 Å². The third-order valence-corrected chi connectivity index (χ3v) is 2.77. The number of hydrogen-bond donors (Lipinski definition) is 0. The molecule has 0 amide bonds. The fourth-order valence-corrected chi connectivity index (χ4v) is 2.05. The third-order valence-electron chi connectivity index (χ3n) is 2.77. The predicted octanol–water partition coefficient (Wildman–Crippen LogP) is 5.33. The van der Waals surface area contributed by atoms with E-state index < -0.39 is 0 Å². The highest BCUT2D eigenvalue weighted by Gasteiger charge is 2.14. The van der Waals surface area contributed by atoms with Crippen molar-refractivity contribution in [3.8, 4) is 0 Å². The second-order valence-electron chi connectivity index (χ2n) is 5.95. The molecule has 0 aliphatic rings. The Morgan fingerprint density at radius 2 is 1.38 bits per heavy atom. The number of rotatable bonds is 9. The predicted molar refractivity (Wildman–Crippen MR) is 72.9 cm³/mol. The van der Waals surface area contributed by atoms with Gasteiger partial charge in [0, 0.05) is 0 Å². The van der Waals surface area contributed by atoms with E-state index >= 15 is 0 Å². The van der Waals surface area contributed by atoms with Crippen LogP contribution in [0.2, 0.25) is 0 Å². The molecule has 0 saturated heterocycles. The smallest absolute Gasteiger partial charge is 0.0602 e. The van der Waals surface area contributed by atoms with Crippen LogP contribution in [0.3, 0.4) is 0 Å². The summed E-state index contributed by atoms with van der Waals surface area (Å²) in [6.45, 7) is 10.9. The van der Waals surface area contributed by atoms with Crippen LogP contribution in [0.15, 0.2) is 0 Å². The van der Waals surface area contributed by atoms with Crippen molar-refractivity contribution in [3.63, 3.8) is 0 Å². The minimum Gasteiger partial charge on any atom is -0.373 e. The summed E-state index contributed by atoms with van der Waals surface area (Å²) in [5, 5.41) is 0. The van der Waals surface area contributed by atoms with Gasteiger partial charge in [-0.2, -0.15) is 0 Å². The third kappa shape index (κ3) is 12.0. The van der Waals surface area contributed by atoms with Crippen LogP contribution in [0.4, 0.5) is 0 Å². The van der Waals surface area contributed by atoms with E-state index in [0.717, 1.165) is 0 Å². The number of ether oxygens (including phenoxy) is 1. The second kappa shape index (κ2) is 9.04. The molecule has 1 nitrogen and oxygen atoms in total. The van der Waals surface area contributed by atoms with E-state index in [1.807, 2.05) is 0 Å². The Bertz CT molecular complexity index is 146. The molecule has 0 spiro atoms. The van der Waals surface area contributed by atoms with Crippen molar-refractivity contribution < 1.29 is 4.74 Å². The SMILES string of the molecule is CCCCCCCCCC(C)OC(C)(C)C. The van der Waals surface area contributed by atoms with Gasteiger partial charge in [-0.1, -0.05) is 51.9 Å². The van der Waals surface area contributed by atoms with Gasteiger partial charge in [-0.3, -0.25) is 0 Å². The highest BCUT2D eigenvalue weighted by atomic mass is 16.5. The molecule has 0 aliphatic carbocycles. The quantitative estimate of drug-likeness (QED) is 0.485. The molecule has 1 heteroatoms.